The quantitative estimate of drug-likeness (QED) is 0.722. The Balaban J connectivity index is 3.40. The highest BCUT2D eigenvalue weighted by molar-refractivity contribution is 9.10. The SMILES string of the molecule is N#Cc1ccc(F)c(Br)c1O. The summed E-state index contributed by atoms with van der Waals surface area (Å²) < 4.78 is 12.5. The molecule has 0 saturated carbocycles. The lowest BCUT2D eigenvalue weighted by Gasteiger charge is -1.98. The molecule has 56 valence electrons. The Morgan fingerprint density at radius 2 is 2.18 bits per heavy atom. The zero-order chi connectivity index (χ0) is 8.43. The van der Waals surface area contributed by atoms with Gasteiger partial charge in [0.25, 0.3) is 0 Å². The van der Waals surface area contributed by atoms with Crippen molar-refractivity contribution in [3.8, 4) is 11.8 Å². The Labute approximate surface area is 71.0 Å². The Kier molecular flexibility index (Phi) is 2.11. The van der Waals surface area contributed by atoms with Crippen molar-refractivity contribution in [1.29, 1.82) is 5.26 Å². The number of aromatic hydroxyl groups is 1. The van der Waals surface area contributed by atoms with E-state index in [4.69, 9.17) is 10.4 Å². The summed E-state index contributed by atoms with van der Waals surface area (Å²) in [6.45, 7) is 0. The molecule has 1 aromatic carbocycles. The number of phenols is 1. The second-order valence-corrected chi connectivity index (χ2v) is 2.66. The Bertz CT molecular complexity index is 332. The van der Waals surface area contributed by atoms with Crippen molar-refractivity contribution in [3.63, 3.8) is 0 Å². The molecule has 11 heavy (non-hydrogen) atoms. The zero-order valence-corrected chi connectivity index (χ0v) is 6.89. The minimum absolute atomic E-state index is 0.0540. The van der Waals surface area contributed by atoms with Crippen LogP contribution in [0.3, 0.4) is 0 Å². The van der Waals surface area contributed by atoms with Gasteiger partial charge in [-0.2, -0.15) is 5.26 Å². The van der Waals surface area contributed by atoms with E-state index in [1.807, 2.05) is 0 Å². The summed E-state index contributed by atoms with van der Waals surface area (Å²) in [5, 5.41) is 17.4. The Morgan fingerprint density at radius 3 is 2.73 bits per heavy atom. The van der Waals surface area contributed by atoms with E-state index in [-0.39, 0.29) is 15.8 Å². The van der Waals surface area contributed by atoms with Crippen LogP contribution in [0.4, 0.5) is 4.39 Å². The molecule has 4 heteroatoms. The Hall–Kier alpha value is -1.08. The third-order valence-electron chi connectivity index (χ3n) is 1.19. The molecule has 0 spiro atoms. The molecule has 0 aliphatic rings. The fourth-order valence-corrected chi connectivity index (χ4v) is 0.976. The van der Waals surface area contributed by atoms with Crippen LogP contribution >= 0.6 is 15.9 Å². The van der Waals surface area contributed by atoms with E-state index in [0.717, 1.165) is 6.07 Å². The molecule has 1 N–H and O–H groups in total. The van der Waals surface area contributed by atoms with Crippen LogP contribution in [0.2, 0.25) is 0 Å². The van der Waals surface area contributed by atoms with Gasteiger partial charge in [0, 0.05) is 0 Å². The summed E-state index contributed by atoms with van der Waals surface area (Å²) in [5.41, 5.74) is 0.0540. The summed E-state index contributed by atoms with van der Waals surface area (Å²) in [5.74, 6) is -0.936. The molecule has 0 heterocycles. The number of benzene rings is 1. The van der Waals surface area contributed by atoms with E-state index in [0.29, 0.717) is 0 Å². The van der Waals surface area contributed by atoms with E-state index >= 15 is 0 Å². The number of nitriles is 1. The molecule has 0 aromatic heterocycles. The molecule has 0 aliphatic carbocycles. The first-order chi connectivity index (χ1) is 5.16. The lowest BCUT2D eigenvalue weighted by Crippen LogP contribution is -1.82. The van der Waals surface area contributed by atoms with Gasteiger partial charge in [-0.05, 0) is 28.1 Å². The molecular formula is C7H3BrFNO. The fraction of sp³-hybridized carbons (Fsp3) is 0. The molecule has 1 rings (SSSR count). The highest BCUT2D eigenvalue weighted by Crippen LogP contribution is 2.29. The van der Waals surface area contributed by atoms with E-state index in [9.17, 15) is 4.39 Å². The summed E-state index contributed by atoms with van der Waals surface area (Å²) >= 11 is 2.79. The summed E-state index contributed by atoms with van der Waals surface area (Å²) in [4.78, 5) is 0. The van der Waals surface area contributed by atoms with Crippen LogP contribution in [0.15, 0.2) is 16.6 Å². The van der Waals surface area contributed by atoms with Gasteiger partial charge >= 0.3 is 0 Å². The van der Waals surface area contributed by atoms with Gasteiger partial charge < -0.3 is 5.11 Å². The minimum Gasteiger partial charge on any atom is -0.505 e. The number of hydrogen-bond acceptors (Lipinski definition) is 2. The molecule has 0 amide bonds. The van der Waals surface area contributed by atoms with E-state index in [1.54, 1.807) is 6.07 Å². The second kappa shape index (κ2) is 2.89. The Morgan fingerprint density at radius 1 is 1.55 bits per heavy atom. The van der Waals surface area contributed by atoms with Gasteiger partial charge in [-0.25, -0.2) is 4.39 Å². The average Bonchev–Trinajstić information content (AvgIpc) is 2.01. The first-order valence-corrected chi connectivity index (χ1v) is 3.53. The predicted octanol–water partition coefficient (Wildman–Crippen LogP) is 2.17. The maximum absolute atomic E-state index is 12.6. The van der Waals surface area contributed by atoms with Crippen molar-refractivity contribution < 1.29 is 9.50 Å². The smallest absolute Gasteiger partial charge is 0.150 e. The lowest BCUT2D eigenvalue weighted by molar-refractivity contribution is 0.462. The molecule has 0 fully saturated rings. The molecule has 0 bridgehead atoms. The number of phenolic OH excluding ortho intramolecular Hbond substituents is 1. The first-order valence-electron chi connectivity index (χ1n) is 2.74. The van der Waals surface area contributed by atoms with Crippen molar-refractivity contribution in [1.82, 2.24) is 0 Å². The maximum Gasteiger partial charge on any atom is 0.150 e. The van der Waals surface area contributed by atoms with Crippen LogP contribution < -0.4 is 0 Å². The molecule has 0 atom stereocenters. The van der Waals surface area contributed by atoms with Crippen molar-refractivity contribution in [2.45, 2.75) is 0 Å². The molecule has 0 saturated heterocycles. The van der Waals surface area contributed by atoms with Crippen LogP contribution in [0.5, 0.6) is 5.75 Å². The topological polar surface area (TPSA) is 44.0 Å². The van der Waals surface area contributed by atoms with E-state index in [1.165, 1.54) is 6.07 Å². The lowest BCUT2D eigenvalue weighted by atomic mass is 10.2. The second-order valence-electron chi connectivity index (χ2n) is 1.87. The van der Waals surface area contributed by atoms with Crippen LogP contribution in [-0.2, 0) is 0 Å². The number of rotatable bonds is 0. The highest BCUT2D eigenvalue weighted by Gasteiger charge is 2.08. The van der Waals surface area contributed by atoms with Crippen molar-refractivity contribution in [2.75, 3.05) is 0 Å². The van der Waals surface area contributed by atoms with Gasteiger partial charge in [0.05, 0.1) is 10.0 Å². The van der Waals surface area contributed by atoms with Gasteiger partial charge in [0.1, 0.15) is 17.6 Å². The van der Waals surface area contributed by atoms with Crippen molar-refractivity contribution in [3.05, 3.63) is 28.0 Å². The van der Waals surface area contributed by atoms with Crippen LogP contribution in [0.1, 0.15) is 5.56 Å². The largest absolute Gasteiger partial charge is 0.505 e. The molecular weight excluding hydrogens is 213 g/mol. The minimum atomic E-state index is -0.582. The van der Waals surface area contributed by atoms with E-state index < -0.39 is 5.82 Å². The predicted molar refractivity (Wildman–Crippen MR) is 40.5 cm³/mol. The summed E-state index contributed by atoms with van der Waals surface area (Å²) in [7, 11) is 0. The van der Waals surface area contributed by atoms with Gasteiger partial charge in [-0.1, -0.05) is 0 Å². The average molecular weight is 216 g/mol. The van der Waals surface area contributed by atoms with Gasteiger partial charge in [-0.3, -0.25) is 0 Å². The molecule has 2 nitrogen and oxygen atoms in total. The monoisotopic (exact) mass is 215 g/mol. The molecule has 1 aromatic rings. The third-order valence-corrected chi connectivity index (χ3v) is 1.94. The highest BCUT2D eigenvalue weighted by atomic mass is 79.9. The van der Waals surface area contributed by atoms with E-state index in [2.05, 4.69) is 15.9 Å². The van der Waals surface area contributed by atoms with Crippen LogP contribution in [0, 0.1) is 17.1 Å². The van der Waals surface area contributed by atoms with Crippen LogP contribution in [0.25, 0.3) is 0 Å². The number of halogens is 2. The maximum atomic E-state index is 12.6. The van der Waals surface area contributed by atoms with Gasteiger partial charge in [-0.15, -0.1) is 0 Å². The van der Waals surface area contributed by atoms with Crippen molar-refractivity contribution in [2.24, 2.45) is 0 Å². The fourth-order valence-electron chi connectivity index (χ4n) is 0.630. The van der Waals surface area contributed by atoms with Crippen LogP contribution in [-0.4, -0.2) is 5.11 Å². The first kappa shape index (κ1) is 8.02. The normalized spacial score (nSPS) is 9.18. The number of nitrogens with zero attached hydrogens (tertiary/aromatic N) is 1. The summed E-state index contributed by atoms with van der Waals surface area (Å²) in [6, 6.07) is 4.05. The molecule has 0 unspecified atom stereocenters. The zero-order valence-electron chi connectivity index (χ0n) is 5.31. The van der Waals surface area contributed by atoms with Gasteiger partial charge in [0.2, 0.25) is 0 Å². The van der Waals surface area contributed by atoms with Gasteiger partial charge in [0.15, 0.2) is 0 Å². The standard InChI is InChI=1S/C7H3BrFNO/c8-6-5(9)2-1-4(3-10)7(6)11/h1-2,11H. The number of hydrogen-bond donors (Lipinski definition) is 1. The third kappa shape index (κ3) is 1.33. The molecule has 0 aliphatic heterocycles. The molecule has 0 radical (unpaired) electrons. The summed E-state index contributed by atoms with van der Waals surface area (Å²) in [6.07, 6.45) is 0. The van der Waals surface area contributed by atoms with Crippen molar-refractivity contribution >= 4 is 15.9 Å².